The summed E-state index contributed by atoms with van der Waals surface area (Å²) in [7, 11) is 0. The third-order valence-electron chi connectivity index (χ3n) is 5.07. The molecule has 2 amide bonds. The number of fused-ring (bicyclic) bond motifs is 1. The van der Waals surface area contributed by atoms with Gasteiger partial charge in [-0.15, -0.1) is 16.4 Å². The number of anilines is 3. The Balaban J connectivity index is 1.51. The van der Waals surface area contributed by atoms with Crippen molar-refractivity contribution in [3.63, 3.8) is 0 Å². The lowest BCUT2D eigenvalue weighted by Crippen LogP contribution is -2.71. The molecule has 10 N–H and O–H groups in total. The van der Waals surface area contributed by atoms with E-state index >= 15 is 0 Å². The average Bonchev–Trinajstić information content (AvgIpc) is 3.28. The van der Waals surface area contributed by atoms with E-state index in [0.717, 1.165) is 32.9 Å². The molecule has 196 valence electrons. The number of β-lactam (4-membered cyclic amide) rings is 1. The first kappa shape index (κ1) is 26.2. The lowest BCUT2D eigenvalue weighted by atomic mass is 10.0. The van der Waals surface area contributed by atoms with Crippen molar-refractivity contribution >= 4 is 75.3 Å². The van der Waals surface area contributed by atoms with Crippen LogP contribution in [0.5, 0.6) is 0 Å². The Morgan fingerprint density at radius 2 is 2.14 bits per heavy atom. The molecule has 16 nitrogen and oxygen atoms in total. The monoisotopic (exact) mass is 568 g/mol. The summed E-state index contributed by atoms with van der Waals surface area (Å²) in [4.78, 5) is 52.2. The van der Waals surface area contributed by atoms with E-state index in [9.17, 15) is 19.5 Å². The Kier molecular flexibility index (Phi) is 7.55. The number of nitrogens with zero attached hydrogens (tertiary/aromatic N) is 6. The van der Waals surface area contributed by atoms with Gasteiger partial charge in [-0.05, 0) is 24.3 Å². The summed E-state index contributed by atoms with van der Waals surface area (Å²) in [5.74, 6) is 3.99. The van der Waals surface area contributed by atoms with Gasteiger partial charge in [-0.1, -0.05) is 10.1 Å². The van der Waals surface area contributed by atoms with Gasteiger partial charge in [0.15, 0.2) is 5.13 Å². The predicted octanol–water partition coefficient (Wildman–Crippen LogP) is -2.05. The van der Waals surface area contributed by atoms with Gasteiger partial charge < -0.3 is 32.5 Å². The molecule has 1 saturated heterocycles. The summed E-state index contributed by atoms with van der Waals surface area (Å²) < 4.78 is 5.10. The summed E-state index contributed by atoms with van der Waals surface area (Å²) >= 11 is 3.29. The molecule has 2 aliphatic rings. The van der Waals surface area contributed by atoms with Crippen LogP contribution >= 0.6 is 35.1 Å². The maximum Gasteiger partial charge on any atom is 0.352 e. The fourth-order valence-corrected chi connectivity index (χ4v) is 6.30. The molecule has 2 aliphatic heterocycles. The van der Waals surface area contributed by atoms with Gasteiger partial charge >= 0.3 is 11.1 Å². The molecule has 1 fully saturated rings. The van der Waals surface area contributed by atoms with E-state index in [0.29, 0.717) is 5.57 Å². The number of thioether (sulfide) groups is 2. The minimum absolute atomic E-state index is 0.0493. The molecule has 19 heteroatoms. The summed E-state index contributed by atoms with van der Waals surface area (Å²) in [5, 5.41) is 16.0. The molecule has 0 radical (unpaired) electrons. The number of carboxylic acids is 1. The zero-order valence-corrected chi connectivity index (χ0v) is 21.6. The molecular weight excluding hydrogens is 546 g/mol. The number of oxime groups is 1. The van der Waals surface area contributed by atoms with Crippen molar-refractivity contribution in [2.45, 2.75) is 23.5 Å². The summed E-state index contributed by atoms with van der Waals surface area (Å²) in [6.45, 7) is 1.86. The first-order valence-corrected chi connectivity index (χ1v) is 13.3. The number of rotatable bonds is 9. The normalized spacial score (nSPS) is 19.3. The van der Waals surface area contributed by atoms with Crippen LogP contribution in [-0.2, 0) is 19.2 Å². The maximum absolute atomic E-state index is 13.0. The van der Waals surface area contributed by atoms with E-state index in [4.69, 9.17) is 27.9 Å². The van der Waals surface area contributed by atoms with Gasteiger partial charge in [0.1, 0.15) is 23.7 Å². The lowest BCUT2D eigenvalue weighted by Gasteiger charge is -2.49. The highest BCUT2D eigenvalue weighted by Crippen LogP contribution is 2.41. The fraction of sp³-hybridized carbons (Fsp3) is 0.333. The van der Waals surface area contributed by atoms with Crippen LogP contribution in [-0.4, -0.2) is 77.4 Å². The van der Waals surface area contributed by atoms with Crippen LogP contribution in [0.15, 0.2) is 27.6 Å². The van der Waals surface area contributed by atoms with Gasteiger partial charge in [-0.2, -0.15) is 9.36 Å². The topological polar surface area (TPSA) is 255 Å². The van der Waals surface area contributed by atoms with Crippen molar-refractivity contribution in [2.24, 2.45) is 5.16 Å². The van der Waals surface area contributed by atoms with Crippen molar-refractivity contribution in [2.75, 3.05) is 41.2 Å². The van der Waals surface area contributed by atoms with E-state index in [1.54, 1.807) is 6.92 Å². The second-order valence-corrected chi connectivity index (χ2v) is 10.3. The molecule has 2 aromatic heterocycles. The minimum atomic E-state index is -1.28. The first-order chi connectivity index (χ1) is 17.6. The summed E-state index contributed by atoms with van der Waals surface area (Å²) in [6, 6.07) is 0.398. The standard InChI is InChI=1S/C18H21N11O5S3/c1-2-34-26-9(12-25-17(21)37-27-12)13(30)24-10-14(31)28-11(16(32)33)6(4-35-15(10)28)5-36-18-23-7(19)3-8(20)29(18)22/h3,10,15H,2,4-5,22H2,1H3,(H7,19,20,21,24,25,27,30,32,33)/p+1/b26-9-. The first-order valence-electron chi connectivity index (χ1n) is 10.5. The van der Waals surface area contributed by atoms with Crippen LogP contribution in [0.2, 0.25) is 0 Å². The van der Waals surface area contributed by atoms with Crippen molar-refractivity contribution in [1.82, 2.24) is 24.6 Å². The largest absolute Gasteiger partial charge is 0.477 e. The number of nitrogens with one attached hydrogen (secondary N) is 1. The van der Waals surface area contributed by atoms with Crippen LogP contribution in [0.3, 0.4) is 0 Å². The Morgan fingerprint density at radius 1 is 1.38 bits per heavy atom. The number of aromatic nitrogens is 4. The van der Waals surface area contributed by atoms with Crippen LogP contribution in [0.25, 0.3) is 0 Å². The Morgan fingerprint density at radius 3 is 2.78 bits per heavy atom. The molecule has 0 aliphatic carbocycles. The van der Waals surface area contributed by atoms with Gasteiger partial charge in [-0.3, -0.25) is 20.3 Å². The molecular formula is C18H22N11O5S3+. The second kappa shape index (κ2) is 10.6. The number of carbonyl (C=O) groups excluding carboxylic acids is 2. The minimum Gasteiger partial charge on any atom is -0.477 e. The number of nitrogens with two attached hydrogens (primary N) is 4. The quantitative estimate of drug-likeness (QED) is 0.0362. The fourth-order valence-electron chi connectivity index (χ4n) is 3.43. The van der Waals surface area contributed by atoms with Crippen LogP contribution in [0, 0.1) is 0 Å². The number of aliphatic carboxylic acids is 1. The summed E-state index contributed by atoms with van der Waals surface area (Å²) in [6.07, 6.45) is 0. The van der Waals surface area contributed by atoms with Crippen LogP contribution in [0.4, 0.5) is 16.8 Å². The third-order valence-corrected chi connectivity index (χ3v) is 7.99. The number of hydrogen-bond donors (Lipinski definition) is 6. The zero-order valence-electron chi connectivity index (χ0n) is 19.2. The molecule has 0 saturated carbocycles. The van der Waals surface area contributed by atoms with E-state index in [1.807, 2.05) is 0 Å². The van der Waals surface area contributed by atoms with Crippen LogP contribution < -0.4 is 33.0 Å². The number of nitrogen functional groups attached to an aromatic ring is 4. The van der Waals surface area contributed by atoms with Gasteiger partial charge in [0.25, 0.3) is 11.8 Å². The number of hydrogen-bond acceptors (Lipinski definition) is 15. The third kappa shape index (κ3) is 5.18. The van der Waals surface area contributed by atoms with E-state index in [1.165, 1.54) is 17.8 Å². The van der Waals surface area contributed by atoms with Gasteiger partial charge in [0.2, 0.25) is 23.2 Å². The number of amides is 2. The molecule has 2 unspecified atom stereocenters. The van der Waals surface area contributed by atoms with E-state index in [-0.39, 0.29) is 57.3 Å². The molecule has 4 heterocycles. The molecule has 0 bridgehead atoms. The highest BCUT2D eigenvalue weighted by atomic mass is 32.2. The van der Waals surface area contributed by atoms with Crippen LogP contribution in [0.1, 0.15) is 12.7 Å². The Bertz CT molecular complexity index is 1330. The Hall–Kier alpha value is -3.84. The Labute approximate surface area is 221 Å². The highest BCUT2D eigenvalue weighted by Gasteiger charge is 2.54. The number of carboxylic acid groups (broad SMARTS) is 1. The SMILES string of the molecule is CCO/N=C(\C(=O)NC1C(=O)N2C(C(=O)O)=C(CSc3nc(N)cc(N)[n+]3N)CSC12)c1nsc(N)n1. The highest BCUT2D eigenvalue weighted by molar-refractivity contribution is 8.01. The lowest BCUT2D eigenvalue weighted by molar-refractivity contribution is -0.667. The van der Waals surface area contributed by atoms with Crippen molar-refractivity contribution in [3.8, 4) is 0 Å². The van der Waals surface area contributed by atoms with E-state index in [2.05, 4.69) is 24.8 Å². The predicted molar refractivity (Wildman–Crippen MR) is 136 cm³/mol. The average molecular weight is 569 g/mol. The molecule has 4 rings (SSSR count). The molecule has 2 atom stereocenters. The van der Waals surface area contributed by atoms with Crippen molar-refractivity contribution < 1.29 is 29.0 Å². The van der Waals surface area contributed by atoms with Crippen molar-refractivity contribution in [1.29, 1.82) is 0 Å². The molecule has 2 aromatic rings. The number of carbonyl (C=O) groups is 3. The van der Waals surface area contributed by atoms with E-state index < -0.39 is 29.2 Å². The molecule has 37 heavy (non-hydrogen) atoms. The van der Waals surface area contributed by atoms with Gasteiger partial charge in [-0.25, -0.2) is 4.79 Å². The van der Waals surface area contributed by atoms with Gasteiger partial charge in [0.05, 0.1) is 6.07 Å². The second-order valence-electron chi connectivity index (χ2n) is 7.48. The molecule has 0 aromatic carbocycles. The summed E-state index contributed by atoms with van der Waals surface area (Å²) in [5.41, 5.74) is 17.2. The smallest absolute Gasteiger partial charge is 0.352 e. The maximum atomic E-state index is 13.0. The zero-order chi connectivity index (χ0) is 26.9. The van der Waals surface area contributed by atoms with Gasteiger partial charge in [0, 0.05) is 23.0 Å². The van der Waals surface area contributed by atoms with Crippen molar-refractivity contribution in [3.05, 3.63) is 23.2 Å². The molecule has 0 spiro atoms.